The van der Waals surface area contributed by atoms with Gasteiger partial charge >= 0.3 is 0 Å². The van der Waals surface area contributed by atoms with Crippen LogP contribution in [-0.2, 0) is 0 Å². The van der Waals surface area contributed by atoms with Crippen molar-refractivity contribution < 1.29 is 0 Å². The molecule has 2 saturated carbocycles. The quantitative estimate of drug-likeness (QED) is 0.838. The van der Waals surface area contributed by atoms with Crippen molar-refractivity contribution in [2.75, 3.05) is 13.1 Å². The SMILES string of the molecule is CC(C)C1CNC(C)(C2CC2)CN1C(C)C1CCC1. The summed E-state index contributed by atoms with van der Waals surface area (Å²) in [6.07, 6.45) is 7.29. The fraction of sp³-hybridized carbons (Fsp3) is 1.00. The lowest BCUT2D eigenvalue weighted by Crippen LogP contribution is -2.67. The summed E-state index contributed by atoms with van der Waals surface area (Å²) in [5, 5.41) is 3.91. The maximum absolute atomic E-state index is 3.91. The van der Waals surface area contributed by atoms with E-state index in [2.05, 4.69) is 37.9 Å². The Kier molecular flexibility index (Phi) is 3.68. The highest BCUT2D eigenvalue weighted by molar-refractivity contribution is 5.06. The highest BCUT2D eigenvalue weighted by atomic mass is 15.3. The molecule has 2 nitrogen and oxygen atoms in total. The van der Waals surface area contributed by atoms with Crippen LogP contribution in [0.25, 0.3) is 0 Å². The number of piperazine rings is 1. The fourth-order valence-electron chi connectivity index (χ4n) is 4.26. The minimum absolute atomic E-state index is 0.392. The van der Waals surface area contributed by atoms with Crippen LogP contribution in [0.1, 0.15) is 59.8 Å². The lowest BCUT2D eigenvalue weighted by atomic mass is 9.77. The van der Waals surface area contributed by atoms with Crippen molar-refractivity contribution in [1.82, 2.24) is 10.2 Å². The predicted molar refractivity (Wildman–Crippen MR) is 81.3 cm³/mol. The minimum atomic E-state index is 0.392. The van der Waals surface area contributed by atoms with Gasteiger partial charge in [-0.05, 0) is 57.3 Å². The summed E-state index contributed by atoms with van der Waals surface area (Å²) in [6.45, 7) is 12.2. The van der Waals surface area contributed by atoms with Crippen molar-refractivity contribution in [1.29, 1.82) is 0 Å². The molecular weight excluding hydrogens is 232 g/mol. The summed E-state index contributed by atoms with van der Waals surface area (Å²) in [6, 6.07) is 1.53. The summed E-state index contributed by atoms with van der Waals surface area (Å²) in [5.74, 6) is 2.68. The molecule has 3 fully saturated rings. The molecule has 1 heterocycles. The topological polar surface area (TPSA) is 15.3 Å². The first-order chi connectivity index (χ1) is 9.01. The van der Waals surface area contributed by atoms with Crippen molar-refractivity contribution in [3.63, 3.8) is 0 Å². The highest BCUT2D eigenvalue weighted by Gasteiger charge is 2.48. The van der Waals surface area contributed by atoms with Crippen LogP contribution >= 0.6 is 0 Å². The molecule has 1 aliphatic heterocycles. The maximum Gasteiger partial charge on any atom is 0.0309 e. The number of hydrogen-bond donors (Lipinski definition) is 1. The molecule has 3 atom stereocenters. The molecule has 3 aliphatic rings. The summed E-state index contributed by atoms with van der Waals surface area (Å²) >= 11 is 0. The van der Waals surface area contributed by atoms with Crippen LogP contribution in [0.15, 0.2) is 0 Å². The second kappa shape index (κ2) is 5.04. The minimum Gasteiger partial charge on any atom is -0.308 e. The molecule has 0 aromatic carbocycles. The van der Waals surface area contributed by atoms with Gasteiger partial charge in [-0.2, -0.15) is 0 Å². The molecule has 2 aliphatic carbocycles. The van der Waals surface area contributed by atoms with E-state index in [-0.39, 0.29) is 0 Å². The number of rotatable bonds is 4. The van der Waals surface area contributed by atoms with Crippen LogP contribution in [-0.4, -0.2) is 35.6 Å². The van der Waals surface area contributed by atoms with E-state index in [4.69, 9.17) is 0 Å². The van der Waals surface area contributed by atoms with Gasteiger partial charge in [-0.3, -0.25) is 4.90 Å². The van der Waals surface area contributed by atoms with E-state index in [0.29, 0.717) is 5.54 Å². The molecule has 0 aromatic rings. The van der Waals surface area contributed by atoms with Crippen molar-refractivity contribution in [3.8, 4) is 0 Å². The van der Waals surface area contributed by atoms with E-state index < -0.39 is 0 Å². The Bertz CT molecular complexity index is 319. The first-order valence-electron chi connectivity index (χ1n) is 8.52. The zero-order chi connectivity index (χ0) is 13.6. The lowest BCUT2D eigenvalue weighted by molar-refractivity contribution is -0.00963. The third-order valence-corrected chi connectivity index (χ3v) is 6.26. The first kappa shape index (κ1) is 13.9. The summed E-state index contributed by atoms with van der Waals surface area (Å²) in [4.78, 5) is 2.88. The fourth-order valence-corrected chi connectivity index (χ4v) is 4.26. The average molecular weight is 264 g/mol. The van der Waals surface area contributed by atoms with Gasteiger partial charge in [-0.15, -0.1) is 0 Å². The number of nitrogens with one attached hydrogen (secondary N) is 1. The zero-order valence-electron chi connectivity index (χ0n) is 13.3. The van der Waals surface area contributed by atoms with Gasteiger partial charge in [0.05, 0.1) is 0 Å². The third kappa shape index (κ3) is 2.58. The summed E-state index contributed by atoms with van der Waals surface area (Å²) < 4.78 is 0. The van der Waals surface area contributed by atoms with Crippen molar-refractivity contribution >= 4 is 0 Å². The van der Waals surface area contributed by atoms with Crippen molar-refractivity contribution in [2.24, 2.45) is 17.8 Å². The van der Waals surface area contributed by atoms with Gasteiger partial charge in [0.2, 0.25) is 0 Å². The molecule has 2 heteroatoms. The normalized spacial score (nSPS) is 39.3. The van der Waals surface area contributed by atoms with Gasteiger partial charge in [-0.25, -0.2) is 0 Å². The second-order valence-electron chi connectivity index (χ2n) is 7.99. The van der Waals surface area contributed by atoms with Gasteiger partial charge in [0.25, 0.3) is 0 Å². The highest BCUT2D eigenvalue weighted by Crippen LogP contribution is 2.43. The molecule has 3 rings (SSSR count). The second-order valence-corrected chi connectivity index (χ2v) is 7.99. The molecule has 19 heavy (non-hydrogen) atoms. The van der Waals surface area contributed by atoms with Crippen LogP contribution in [0.4, 0.5) is 0 Å². The Hall–Kier alpha value is -0.0800. The first-order valence-corrected chi connectivity index (χ1v) is 8.52. The monoisotopic (exact) mass is 264 g/mol. The van der Waals surface area contributed by atoms with Gasteiger partial charge in [0.15, 0.2) is 0 Å². The smallest absolute Gasteiger partial charge is 0.0309 e. The summed E-state index contributed by atoms with van der Waals surface area (Å²) in [5.41, 5.74) is 0.392. The molecule has 0 amide bonds. The van der Waals surface area contributed by atoms with Crippen molar-refractivity contribution in [2.45, 2.75) is 77.4 Å². The Morgan fingerprint density at radius 2 is 1.79 bits per heavy atom. The molecule has 1 saturated heterocycles. The van der Waals surface area contributed by atoms with Gasteiger partial charge in [0, 0.05) is 30.7 Å². The van der Waals surface area contributed by atoms with E-state index in [1.165, 1.54) is 45.2 Å². The molecule has 0 radical (unpaired) electrons. The lowest BCUT2D eigenvalue weighted by Gasteiger charge is -2.53. The summed E-state index contributed by atoms with van der Waals surface area (Å²) in [7, 11) is 0. The number of nitrogens with zero attached hydrogens (tertiary/aromatic N) is 1. The van der Waals surface area contributed by atoms with E-state index in [1.807, 2.05) is 0 Å². The van der Waals surface area contributed by atoms with Crippen LogP contribution in [0.5, 0.6) is 0 Å². The average Bonchev–Trinajstić information content (AvgIpc) is 3.09. The van der Waals surface area contributed by atoms with Gasteiger partial charge < -0.3 is 5.32 Å². The zero-order valence-corrected chi connectivity index (χ0v) is 13.3. The van der Waals surface area contributed by atoms with Gasteiger partial charge in [-0.1, -0.05) is 20.3 Å². The standard InChI is InChI=1S/C17H32N2/c1-12(2)16-10-18-17(4,15-8-9-15)11-19(16)13(3)14-6-5-7-14/h12-16,18H,5-11H2,1-4H3. The third-order valence-electron chi connectivity index (χ3n) is 6.26. The molecule has 0 aromatic heterocycles. The Balaban J connectivity index is 1.73. The van der Waals surface area contributed by atoms with E-state index in [1.54, 1.807) is 0 Å². The molecule has 0 bridgehead atoms. The Morgan fingerprint density at radius 1 is 1.11 bits per heavy atom. The maximum atomic E-state index is 3.91. The molecular formula is C17H32N2. The largest absolute Gasteiger partial charge is 0.308 e. The molecule has 1 N–H and O–H groups in total. The predicted octanol–water partition coefficient (Wildman–Crippen LogP) is 3.27. The Morgan fingerprint density at radius 3 is 2.26 bits per heavy atom. The van der Waals surface area contributed by atoms with Gasteiger partial charge in [0.1, 0.15) is 0 Å². The number of hydrogen-bond acceptors (Lipinski definition) is 2. The van der Waals surface area contributed by atoms with Crippen LogP contribution in [0.2, 0.25) is 0 Å². The van der Waals surface area contributed by atoms with E-state index in [0.717, 1.165) is 29.8 Å². The van der Waals surface area contributed by atoms with Crippen molar-refractivity contribution in [3.05, 3.63) is 0 Å². The van der Waals surface area contributed by atoms with E-state index >= 15 is 0 Å². The van der Waals surface area contributed by atoms with Crippen LogP contribution in [0.3, 0.4) is 0 Å². The molecule has 0 spiro atoms. The van der Waals surface area contributed by atoms with Crippen LogP contribution in [0, 0.1) is 17.8 Å². The molecule has 110 valence electrons. The van der Waals surface area contributed by atoms with Crippen LogP contribution < -0.4 is 5.32 Å². The van der Waals surface area contributed by atoms with E-state index in [9.17, 15) is 0 Å². The Labute approximate surface area is 119 Å². The molecule has 3 unspecified atom stereocenters.